The van der Waals surface area contributed by atoms with Crippen LogP contribution in [0.15, 0.2) is 18.2 Å². The van der Waals surface area contributed by atoms with Gasteiger partial charge in [0.2, 0.25) is 0 Å². The number of benzene rings is 1. The Kier molecular flexibility index (Phi) is 4.51. The van der Waals surface area contributed by atoms with Crippen LogP contribution in [0.5, 0.6) is 0 Å². The third kappa shape index (κ3) is 3.05. The monoisotopic (exact) mass is 291 g/mol. The second kappa shape index (κ2) is 5.98. The summed E-state index contributed by atoms with van der Waals surface area (Å²) in [6, 6.07) is 6.37. The molecular formula is C16H22ClN3. The van der Waals surface area contributed by atoms with Crippen molar-refractivity contribution in [1.82, 2.24) is 9.78 Å². The van der Waals surface area contributed by atoms with E-state index < -0.39 is 0 Å². The molecule has 0 aliphatic rings. The molecule has 1 aromatic carbocycles. The largest absolute Gasteiger partial charge is 0.324 e. The van der Waals surface area contributed by atoms with Crippen LogP contribution in [-0.4, -0.2) is 9.78 Å². The zero-order valence-electron chi connectivity index (χ0n) is 12.6. The van der Waals surface area contributed by atoms with Crippen LogP contribution in [0.3, 0.4) is 0 Å². The molecule has 0 amide bonds. The smallest absolute Gasteiger partial charge is 0.0850 e. The highest BCUT2D eigenvalue weighted by Gasteiger charge is 2.17. The van der Waals surface area contributed by atoms with Crippen molar-refractivity contribution in [2.24, 2.45) is 12.8 Å². The summed E-state index contributed by atoms with van der Waals surface area (Å²) in [7, 11) is 1.93. The summed E-state index contributed by atoms with van der Waals surface area (Å²) in [6.45, 7) is 6.24. The topological polar surface area (TPSA) is 43.8 Å². The van der Waals surface area contributed by atoms with Gasteiger partial charge in [0.25, 0.3) is 0 Å². The van der Waals surface area contributed by atoms with Gasteiger partial charge < -0.3 is 5.73 Å². The summed E-state index contributed by atoms with van der Waals surface area (Å²) >= 11 is 6.38. The predicted molar refractivity (Wildman–Crippen MR) is 84.1 cm³/mol. The van der Waals surface area contributed by atoms with E-state index in [1.54, 1.807) is 0 Å². The zero-order valence-corrected chi connectivity index (χ0v) is 13.3. The van der Waals surface area contributed by atoms with Gasteiger partial charge in [0.05, 0.1) is 16.4 Å². The standard InChI is InChI=1S/C16H22ClN3/c1-5-14-16(17)15(20(4)19-14)9-13(18)12-7-10(2)6-11(3)8-12/h6-8,13H,5,9,18H2,1-4H3. The number of halogens is 1. The molecule has 0 saturated heterocycles. The third-order valence-corrected chi connectivity index (χ3v) is 4.02. The van der Waals surface area contributed by atoms with E-state index in [2.05, 4.69) is 44.1 Å². The van der Waals surface area contributed by atoms with Crippen molar-refractivity contribution in [3.8, 4) is 0 Å². The van der Waals surface area contributed by atoms with Crippen LogP contribution in [0.2, 0.25) is 5.02 Å². The summed E-state index contributed by atoms with van der Waals surface area (Å²) in [5.41, 5.74) is 11.9. The highest BCUT2D eigenvalue weighted by Crippen LogP contribution is 2.26. The molecule has 2 aromatic rings. The fraction of sp³-hybridized carbons (Fsp3) is 0.438. The summed E-state index contributed by atoms with van der Waals surface area (Å²) in [6.07, 6.45) is 1.54. The first kappa shape index (κ1) is 15.1. The van der Waals surface area contributed by atoms with Crippen molar-refractivity contribution >= 4 is 11.6 Å². The number of aryl methyl sites for hydroxylation is 4. The Morgan fingerprint density at radius 1 is 1.25 bits per heavy atom. The summed E-state index contributed by atoms with van der Waals surface area (Å²) < 4.78 is 1.85. The molecule has 1 atom stereocenters. The predicted octanol–water partition coefficient (Wildman–Crippen LogP) is 3.50. The van der Waals surface area contributed by atoms with Crippen LogP contribution < -0.4 is 5.73 Å². The van der Waals surface area contributed by atoms with Gasteiger partial charge in [-0.05, 0) is 25.8 Å². The minimum Gasteiger partial charge on any atom is -0.324 e. The van der Waals surface area contributed by atoms with Gasteiger partial charge in [0.1, 0.15) is 0 Å². The molecule has 0 saturated carbocycles. The Morgan fingerprint density at radius 2 is 1.85 bits per heavy atom. The van der Waals surface area contributed by atoms with Gasteiger partial charge in [-0.15, -0.1) is 0 Å². The van der Waals surface area contributed by atoms with Gasteiger partial charge in [0.15, 0.2) is 0 Å². The van der Waals surface area contributed by atoms with E-state index >= 15 is 0 Å². The lowest BCUT2D eigenvalue weighted by atomic mass is 9.98. The molecule has 0 spiro atoms. The lowest BCUT2D eigenvalue weighted by molar-refractivity contribution is 0.637. The van der Waals surface area contributed by atoms with Gasteiger partial charge in [0, 0.05) is 19.5 Å². The van der Waals surface area contributed by atoms with Crippen molar-refractivity contribution in [1.29, 1.82) is 0 Å². The van der Waals surface area contributed by atoms with Crippen molar-refractivity contribution in [2.45, 2.75) is 39.7 Å². The normalized spacial score (nSPS) is 12.7. The first-order valence-corrected chi connectivity index (χ1v) is 7.34. The van der Waals surface area contributed by atoms with Gasteiger partial charge in [-0.3, -0.25) is 4.68 Å². The lowest BCUT2D eigenvalue weighted by Crippen LogP contribution is -2.16. The second-order valence-electron chi connectivity index (χ2n) is 5.42. The Morgan fingerprint density at radius 3 is 2.35 bits per heavy atom. The Hall–Kier alpha value is -1.32. The zero-order chi connectivity index (χ0) is 14.9. The first-order chi connectivity index (χ1) is 9.42. The minimum atomic E-state index is -0.0637. The fourth-order valence-corrected chi connectivity index (χ4v) is 2.96. The van der Waals surface area contributed by atoms with Gasteiger partial charge in [-0.2, -0.15) is 5.10 Å². The Labute approximate surface area is 125 Å². The minimum absolute atomic E-state index is 0.0637. The number of hydrogen-bond acceptors (Lipinski definition) is 2. The van der Waals surface area contributed by atoms with E-state index in [4.69, 9.17) is 17.3 Å². The lowest BCUT2D eigenvalue weighted by Gasteiger charge is -2.14. The highest BCUT2D eigenvalue weighted by atomic mass is 35.5. The molecular weight excluding hydrogens is 270 g/mol. The van der Waals surface area contributed by atoms with Gasteiger partial charge >= 0.3 is 0 Å². The molecule has 0 aliphatic heterocycles. The summed E-state index contributed by atoms with van der Waals surface area (Å²) in [5.74, 6) is 0. The molecule has 0 bridgehead atoms. The average Bonchev–Trinajstić information content (AvgIpc) is 2.65. The summed E-state index contributed by atoms with van der Waals surface area (Å²) in [5, 5.41) is 5.20. The van der Waals surface area contributed by atoms with E-state index in [-0.39, 0.29) is 6.04 Å². The third-order valence-electron chi connectivity index (χ3n) is 3.59. The number of nitrogens with two attached hydrogens (primary N) is 1. The quantitative estimate of drug-likeness (QED) is 0.937. The Bertz CT molecular complexity index is 596. The van der Waals surface area contributed by atoms with Crippen LogP contribution in [0.1, 0.15) is 41.0 Å². The molecule has 1 aromatic heterocycles. The van der Waals surface area contributed by atoms with E-state index in [1.165, 1.54) is 11.1 Å². The maximum Gasteiger partial charge on any atom is 0.0850 e. The van der Waals surface area contributed by atoms with Gasteiger partial charge in [-0.1, -0.05) is 47.9 Å². The number of hydrogen-bond donors (Lipinski definition) is 1. The number of aromatic nitrogens is 2. The molecule has 2 rings (SSSR count). The van der Waals surface area contributed by atoms with Crippen molar-refractivity contribution in [3.63, 3.8) is 0 Å². The van der Waals surface area contributed by atoms with Crippen LogP contribution in [0.25, 0.3) is 0 Å². The molecule has 20 heavy (non-hydrogen) atoms. The van der Waals surface area contributed by atoms with E-state index in [0.29, 0.717) is 6.42 Å². The van der Waals surface area contributed by atoms with Crippen molar-refractivity contribution in [3.05, 3.63) is 51.3 Å². The molecule has 1 unspecified atom stereocenters. The SMILES string of the molecule is CCc1nn(C)c(CC(N)c2cc(C)cc(C)c2)c1Cl. The highest BCUT2D eigenvalue weighted by molar-refractivity contribution is 6.31. The Balaban J connectivity index is 2.27. The van der Waals surface area contributed by atoms with Gasteiger partial charge in [-0.25, -0.2) is 0 Å². The van der Waals surface area contributed by atoms with Crippen LogP contribution in [-0.2, 0) is 19.9 Å². The van der Waals surface area contributed by atoms with E-state index in [9.17, 15) is 0 Å². The van der Waals surface area contributed by atoms with Crippen LogP contribution in [0.4, 0.5) is 0 Å². The molecule has 108 valence electrons. The van der Waals surface area contributed by atoms with Crippen LogP contribution in [0, 0.1) is 13.8 Å². The average molecular weight is 292 g/mol. The molecule has 1 heterocycles. The first-order valence-electron chi connectivity index (χ1n) is 6.96. The molecule has 3 nitrogen and oxygen atoms in total. The fourth-order valence-electron chi connectivity index (χ4n) is 2.59. The molecule has 4 heteroatoms. The molecule has 0 radical (unpaired) electrons. The number of rotatable bonds is 4. The van der Waals surface area contributed by atoms with Crippen molar-refractivity contribution < 1.29 is 0 Å². The maximum absolute atomic E-state index is 6.38. The van der Waals surface area contributed by atoms with E-state index in [1.807, 2.05) is 11.7 Å². The van der Waals surface area contributed by atoms with Crippen molar-refractivity contribution in [2.75, 3.05) is 0 Å². The number of nitrogens with zero attached hydrogens (tertiary/aromatic N) is 2. The second-order valence-corrected chi connectivity index (χ2v) is 5.79. The van der Waals surface area contributed by atoms with Crippen LogP contribution >= 0.6 is 11.6 Å². The molecule has 2 N–H and O–H groups in total. The maximum atomic E-state index is 6.38. The summed E-state index contributed by atoms with van der Waals surface area (Å²) in [4.78, 5) is 0. The van der Waals surface area contributed by atoms with E-state index in [0.717, 1.165) is 28.4 Å². The molecule has 0 fully saturated rings. The molecule has 0 aliphatic carbocycles.